The van der Waals surface area contributed by atoms with E-state index in [4.69, 9.17) is 5.73 Å². The molecule has 1 aromatic heterocycles. The molecule has 0 saturated heterocycles. The minimum absolute atomic E-state index is 0.0149. The van der Waals surface area contributed by atoms with Gasteiger partial charge in [-0.1, -0.05) is 0 Å². The summed E-state index contributed by atoms with van der Waals surface area (Å²) < 4.78 is 0. The van der Waals surface area contributed by atoms with Gasteiger partial charge < -0.3 is 16.4 Å². The van der Waals surface area contributed by atoms with Crippen LogP contribution in [0.1, 0.15) is 31.3 Å². The predicted octanol–water partition coefficient (Wildman–Crippen LogP) is -0.297. The Kier molecular flexibility index (Phi) is 4.19. The second kappa shape index (κ2) is 5.44. The van der Waals surface area contributed by atoms with Crippen LogP contribution in [-0.4, -0.2) is 33.9 Å². The van der Waals surface area contributed by atoms with Crippen LogP contribution in [0.15, 0.2) is 12.4 Å². The number of nitrogens with zero attached hydrogens (tertiary/aromatic N) is 2. The van der Waals surface area contributed by atoms with E-state index < -0.39 is 5.91 Å². The van der Waals surface area contributed by atoms with Crippen LogP contribution < -0.4 is 16.4 Å². The summed E-state index contributed by atoms with van der Waals surface area (Å²) in [5, 5.41) is 5.15. The van der Waals surface area contributed by atoms with E-state index >= 15 is 0 Å². The van der Waals surface area contributed by atoms with E-state index in [-0.39, 0.29) is 29.5 Å². The maximum atomic E-state index is 11.7. The highest BCUT2D eigenvalue weighted by Gasteiger charge is 2.16. The molecule has 1 aromatic rings. The van der Waals surface area contributed by atoms with Crippen molar-refractivity contribution < 1.29 is 9.59 Å². The monoisotopic (exact) mass is 251 g/mol. The fourth-order valence-electron chi connectivity index (χ4n) is 1.23. The van der Waals surface area contributed by atoms with Gasteiger partial charge in [0, 0.05) is 17.9 Å². The summed E-state index contributed by atoms with van der Waals surface area (Å²) in [4.78, 5) is 30.7. The Morgan fingerprint density at radius 1 is 1.28 bits per heavy atom. The van der Waals surface area contributed by atoms with Gasteiger partial charge in [-0.25, -0.2) is 9.97 Å². The van der Waals surface area contributed by atoms with Crippen molar-refractivity contribution in [2.24, 2.45) is 0 Å². The minimum Gasteiger partial charge on any atom is -0.382 e. The summed E-state index contributed by atoms with van der Waals surface area (Å²) in [6.07, 6.45) is 2.75. The van der Waals surface area contributed by atoms with Crippen LogP contribution in [0, 0.1) is 0 Å². The summed E-state index contributed by atoms with van der Waals surface area (Å²) in [6.45, 7) is 5.43. The predicted molar refractivity (Wildman–Crippen MR) is 66.7 cm³/mol. The summed E-state index contributed by atoms with van der Waals surface area (Å²) in [5.41, 5.74) is 5.17. The van der Waals surface area contributed by atoms with Gasteiger partial charge in [-0.05, 0) is 20.8 Å². The summed E-state index contributed by atoms with van der Waals surface area (Å²) in [7, 11) is 0. The fourth-order valence-corrected chi connectivity index (χ4v) is 1.23. The molecular weight excluding hydrogens is 234 g/mol. The molecule has 0 aromatic carbocycles. The van der Waals surface area contributed by atoms with Crippen LogP contribution in [0.2, 0.25) is 0 Å². The van der Waals surface area contributed by atoms with Gasteiger partial charge in [0.05, 0.1) is 6.54 Å². The van der Waals surface area contributed by atoms with Gasteiger partial charge in [0.25, 0.3) is 5.91 Å². The molecule has 0 aliphatic rings. The number of hydrogen-bond donors (Lipinski definition) is 3. The molecule has 2 amide bonds. The number of aromatic nitrogens is 2. The number of hydrogen-bond acceptors (Lipinski definition) is 5. The largest absolute Gasteiger partial charge is 0.382 e. The number of nitrogens with two attached hydrogens (primary N) is 1. The molecule has 0 fully saturated rings. The van der Waals surface area contributed by atoms with E-state index in [1.807, 2.05) is 20.8 Å². The highest BCUT2D eigenvalue weighted by molar-refractivity contribution is 5.98. The first-order chi connectivity index (χ1) is 8.29. The molecule has 98 valence electrons. The smallest absolute Gasteiger partial charge is 0.274 e. The maximum absolute atomic E-state index is 11.7. The molecule has 0 radical (unpaired) electrons. The van der Waals surface area contributed by atoms with Crippen molar-refractivity contribution in [1.82, 2.24) is 20.6 Å². The van der Waals surface area contributed by atoms with E-state index in [1.165, 1.54) is 12.4 Å². The maximum Gasteiger partial charge on any atom is 0.274 e. The van der Waals surface area contributed by atoms with Crippen molar-refractivity contribution in [3.63, 3.8) is 0 Å². The number of amides is 2. The Morgan fingerprint density at radius 3 is 2.44 bits per heavy atom. The van der Waals surface area contributed by atoms with E-state index in [9.17, 15) is 9.59 Å². The molecule has 1 rings (SSSR count). The van der Waals surface area contributed by atoms with Crippen molar-refractivity contribution in [3.05, 3.63) is 18.1 Å². The van der Waals surface area contributed by atoms with Crippen molar-refractivity contribution in [3.8, 4) is 0 Å². The quantitative estimate of drug-likeness (QED) is 0.683. The van der Waals surface area contributed by atoms with Gasteiger partial charge in [-0.3, -0.25) is 9.59 Å². The van der Waals surface area contributed by atoms with Crippen molar-refractivity contribution >= 4 is 17.6 Å². The molecular formula is C11H17N5O2. The zero-order chi connectivity index (χ0) is 13.8. The molecule has 18 heavy (non-hydrogen) atoms. The first-order valence-corrected chi connectivity index (χ1v) is 5.45. The lowest BCUT2D eigenvalue weighted by Crippen LogP contribution is -2.46. The van der Waals surface area contributed by atoms with E-state index in [0.717, 1.165) is 0 Å². The fraction of sp³-hybridized carbons (Fsp3) is 0.455. The van der Waals surface area contributed by atoms with Crippen LogP contribution in [0.25, 0.3) is 0 Å². The second-order valence-corrected chi connectivity index (χ2v) is 4.77. The molecule has 1 heterocycles. The van der Waals surface area contributed by atoms with Gasteiger partial charge in [0.2, 0.25) is 5.91 Å². The number of anilines is 1. The number of nitrogens with one attached hydrogen (secondary N) is 2. The lowest BCUT2D eigenvalue weighted by atomic mass is 10.1. The minimum atomic E-state index is -0.523. The molecule has 0 spiro atoms. The summed E-state index contributed by atoms with van der Waals surface area (Å²) >= 11 is 0. The third-order valence-corrected chi connectivity index (χ3v) is 1.87. The lowest BCUT2D eigenvalue weighted by molar-refractivity contribution is -0.121. The van der Waals surface area contributed by atoms with Crippen molar-refractivity contribution in [2.75, 3.05) is 12.3 Å². The average molecular weight is 251 g/mol. The van der Waals surface area contributed by atoms with Crippen LogP contribution in [0.3, 0.4) is 0 Å². The Labute approximate surface area is 105 Å². The van der Waals surface area contributed by atoms with Crippen LogP contribution >= 0.6 is 0 Å². The van der Waals surface area contributed by atoms with Crippen molar-refractivity contribution in [1.29, 1.82) is 0 Å². The molecule has 0 bridgehead atoms. The van der Waals surface area contributed by atoms with Gasteiger partial charge in [0.1, 0.15) is 0 Å². The number of carbonyl (C=O) groups excluding carboxylic acids is 2. The highest BCUT2D eigenvalue weighted by atomic mass is 16.2. The average Bonchev–Trinajstić information content (AvgIpc) is 2.24. The Hall–Kier alpha value is -2.18. The molecule has 0 aliphatic carbocycles. The van der Waals surface area contributed by atoms with E-state index in [1.54, 1.807) is 0 Å². The van der Waals surface area contributed by atoms with Gasteiger partial charge >= 0.3 is 0 Å². The SMILES string of the molecule is CC(C)(C)NC(=O)CNC(=O)c1nccnc1N. The molecule has 0 atom stereocenters. The van der Waals surface area contributed by atoms with Crippen LogP contribution in [-0.2, 0) is 4.79 Å². The first kappa shape index (κ1) is 13.9. The first-order valence-electron chi connectivity index (χ1n) is 5.45. The zero-order valence-corrected chi connectivity index (χ0v) is 10.7. The highest BCUT2D eigenvalue weighted by Crippen LogP contribution is 2.02. The standard InChI is InChI=1S/C11H17N5O2/c1-11(2,3)16-7(17)6-15-10(18)8-9(12)14-5-4-13-8/h4-5H,6H2,1-3H3,(H2,12,14)(H,15,18)(H,16,17). The number of rotatable bonds is 3. The number of carbonyl (C=O) groups is 2. The molecule has 7 heteroatoms. The van der Waals surface area contributed by atoms with E-state index in [0.29, 0.717) is 0 Å². The number of nitrogen functional groups attached to an aromatic ring is 1. The molecule has 4 N–H and O–H groups in total. The van der Waals surface area contributed by atoms with E-state index in [2.05, 4.69) is 20.6 Å². The van der Waals surface area contributed by atoms with Crippen molar-refractivity contribution in [2.45, 2.75) is 26.3 Å². The topological polar surface area (TPSA) is 110 Å². The molecule has 0 unspecified atom stereocenters. The third-order valence-electron chi connectivity index (χ3n) is 1.87. The third kappa shape index (κ3) is 4.36. The van der Waals surface area contributed by atoms with Crippen LogP contribution in [0.4, 0.5) is 5.82 Å². The summed E-state index contributed by atoms with van der Waals surface area (Å²) in [5.74, 6) is -0.769. The molecule has 7 nitrogen and oxygen atoms in total. The Bertz CT molecular complexity index is 453. The van der Waals surface area contributed by atoms with Gasteiger partial charge in [-0.15, -0.1) is 0 Å². The lowest BCUT2D eigenvalue weighted by Gasteiger charge is -2.20. The molecule has 0 saturated carbocycles. The zero-order valence-electron chi connectivity index (χ0n) is 10.7. The van der Waals surface area contributed by atoms with Gasteiger partial charge in [-0.2, -0.15) is 0 Å². The second-order valence-electron chi connectivity index (χ2n) is 4.77. The normalized spacial score (nSPS) is 10.8. The Balaban J connectivity index is 2.52. The summed E-state index contributed by atoms with van der Waals surface area (Å²) in [6, 6.07) is 0. The Morgan fingerprint density at radius 2 is 1.89 bits per heavy atom. The molecule has 0 aliphatic heterocycles. The van der Waals surface area contributed by atoms with Crippen LogP contribution in [0.5, 0.6) is 0 Å². The van der Waals surface area contributed by atoms with Gasteiger partial charge in [0.15, 0.2) is 11.5 Å².